The van der Waals surface area contributed by atoms with Crippen molar-refractivity contribution in [3.05, 3.63) is 95.7 Å². The molecule has 5 aromatic rings. The summed E-state index contributed by atoms with van der Waals surface area (Å²) in [5, 5.41) is 22.3. The summed E-state index contributed by atoms with van der Waals surface area (Å²) in [6.07, 6.45) is 1.81. The molecule has 0 atom stereocenters. The van der Waals surface area contributed by atoms with Crippen molar-refractivity contribution in [3.8, 4) is 5.88 Å². The summed E-state index contributed by atoms with van der Waals surface area (Å²) < 4.78 is 3.28. The number of carboxylic acids is 1. The van der Waals surface area contributed by atoms with E-state index in [1.165, 1.54) is 6.07 Å². The molecule has 9 heteroatoms. The summed E-state index contributed by atoms with van der Waals surface area (Å²) >= 11 is 0. The van der Waals surface area contributed by atoms with Crippen molar-refractivity contribution in [2.75, 3.05) is 39.8 Å². The van der Waals surface area contributed by atoms with Gasteiger partial charge in [-0.1, -0.05) is 36.4 Å². The van der Waals surface area contributed by atoms with Crippen LogP contribution in [0, 0.1) is 0 Å². The Bertz CT molecular complexity index is 1810. The molecular formula is C32H31N5O4. The number of likely N-dealkylation sites (N-methyl/N-ethyl adjacent to an activating group) is 1. The average molecular weight is 550 g/mol. The van der Waals surface area contributed by atoms with Crippen LogP contribution in [-0.4, -0.2) is 86.5 Å². The van der Waals surface area contributed by atoms with Crippen molar-refractivity contribution in [1.29, 1.82) is 0 Å². The molecule has 0 unspecified atom stereocenters. The third-order valence-electron chi connectivity index (χ3n) is 7.84. The van der Waals surface area contributed by atoms with Gasteiger partial charge >= 0.3 is 5.97 Å². The van der Waals surface area contributed by atoms with Gasteiger partial charge in [0.25, 0.3) is 0 Å². The van der Waals surface area contributed by atoms with Crippen LogP contribution < -0.4 is 0 Å². The summed E-state index contributed by atoms with van der Waals surface area (Å²) in [4.78, 5) is 34.2. The van der Waals surface area contributed by atoms with Gasteiger partial charge in [0.2, 0.25) is 11.8 Å². The Morgan fingerprint density at radius 1 is 0.854 bits per heavy atom. The maximum atomic E-state index is 13.1. The summed E-state index contributed by atoms with van der Waals surface area (Å²) in [5.74, 6) is -1.01. The molecule has 0 radical (unpaired) electrons. The fourth-order valence-electron chi connectivity index (χ4n) is 5.47. The summed E-state index contributed by atoms with van der Waals surface area (Å²) in [6, 6.07) is 22.0. The number of carbonyl (C=O) groups is 2. The molecule has 208 valence electrons. The van der Waals surface area contributed by atoms with Gasteiger partial charge in [-0.3, -0.25) is 14.3 Å². The number of aromatic hydroxyl groups is 1. The third-order valence-corrected chi connectivity index (χ3v) is 7.84. The maximum Gasteiger partial charge on any atom is 0.335 e. The minimum atomic E-state index is -1.03. The lowest BCUT2D eigenvalue weighted by molar-refractivity contribution is 0.0696. The first kappa shape index (κ1) is 26.5. The van der Waals surface area contributed by atoms with E-state index in [2.05, 4.69) is 16.8 Å². The molecule has 1 aliphatic heterocycles. The number of fused-ring (bicyclic) bond motifs is 2. The molecular weight excluding hydrogens is 518 g/mol. The number of carbonyl (C=O) groups excluding carboxylic acids is 1. The van der Waals surface area contributed by atoms with Crippen LogP contribution in [0.5, 0.6) is 5.88 Å². The predicted octanol–water partition coefficient (Wildman–Crippen LogP) is 4.59. The van der Waals surface area contributed by atoms with Gasteiger partial charge in [-0.25, -0.2) is 9.79 Å². The van der Waals surface area contributed by atoms with Gasteiger partial charge < -0.3 is 19.7 Å². The maximum absolute atomic E-state index is 13.1. The predicted molar refractivity (Wildman–Crippen MR) is 160 cm³/mol. The Morgan fingerprint density at radius 3 is 2.34 bits per heavy atom. The van der Waals surface area contributed by atoms with E-state index in [0.29, 0.717) is 34.4 Å². The van der Waals surface area contributed by atoms with E-state index in [0.717, 1.165) is 42.6 Å². The van der Waals surface area contributed by atoms with Gasteiger partial charge in [0.15, 0.2) is 0 Å². The van der Waals surface area contributed by atoms with Crippen molar-refractivity contribution in [2.24, 2.45) is 12.0 Å². The zero-order valence-corrected chi connectivity index (χ0v) is 23.0. The number of hydrogen-bond donors (Lipinski definition) is 2. The number of nitrogens with zero attached hydrogens (tertiary/aromatic N) is 5. The fourth-order valence-corrected chi connectivity index (χ4v) is 5.47. The summed E-state index contributed by atoms with van der Waals surface area (Å²) in [5.41, 5.74) is 4.09. The molecule has 2 aromatic heterocycles. The van der Waals surface area contributed by atoms with Crippen molar-refractivity contribution in [1.82, 2.24) is 18.9 Å². The Balaban J connectivity index is 1.40. The van der Waals surface area contributed by atoms with Crippen LogP contribution in [0.15, 0.2) is 84.0 Å². The zero-order valence-electron chi connectivity index (χ0n) is 23.0. The van der Waals surface area contributed by atoms with Gasteiger partial charge in [0.05, 0.1) is 40.1 Å². The van der Waals surface area contributed by atoms with E-state index in [4.69, 9.17) is 4.99 Å². The van der Waals surface area contributed by atoms with Crippen LogP contribution in [0.1, 0.15) is 26.3 Å². The zero-order chi connectivity index (χ0) is 28.7. The molecule has 0 saturated carbocycles. The first-order valence-electron chi connectivity index (χ1n) is 13.5. The number of benzene rings is 3. The van der Waals surface area contributed by atoms with Gasteiger partial charge in [0, 0.05) is 55.8 Å². The van der Waals surface area contributed by atoms with Crippen molar-refractivity contribution >= 4 is 45.1 Å². The first-order valence-corrected chi connectivity index (χ1v) is 13.5. The number of carboxylic acid groups (broad SMARTS) is 1. The van der Waals surface area contributed by atoms with Crippen LogP contribution in [0.4, 0.5) is 5.69 Å². The van der Waals surface area contributed by atoms with Crippen molar-refractivity contribution in [3.63, 3.8) is 0 Å². The van der Waals surface area contributed by atoms with Crippen LogP contribution in [0.3, 0.4) is 0 Å². The Morgan fingerprint density at radius 2 is 1.61 bits per heavy atom. The van der Waals surface area contributed by atoms with E-state index >= 15 is 0 Å². The molecule has 0 amide bonds. The Kier molecular flexibility index (Phi) is 6.90. The number of aromatic nitrogens is 2. The van der Waals surface area contributed by atoms with Crippen LogP contribution in [0.2, 0.25) is 0 Å². The van der Waals surface area contributed by atoms with Crippen LogP contribution in [-0.2, 0) is 7.05 Å². The topological polar surface area (TPSA) is 103 Å². The van der Waals surface area contributed by atoms with Gasteiger partial charge in [0.1, 0.15) is 0 Å². The molecule has 41 heavy (non-hydrogen) atoms. The second kappa shape index (κ2) is 10.7. The molecule has 9 nitrogen and oxygen atoms in total. The Hall–Kier alpha value is -4.73. The van der Waals surface area contributed by atoms with Crippen molar-refractivity contribution in [2.45, 2.75) is 0 Å². The number of hydrogen-bond acceptors (Lipinski definition) is 6. The monoisotopic (exact) mass is 549 g/mol. The highest BCUT2D eigenvalue weighted by atomic mass is 16.4. The molecule has 3 aromatic carbocycles. The lowest BCUT2D eigenvalue weighted by Crippen LogP contribution is -2.46. The van der Waals surface area contributed by atoms with Crippen LogP contribution >= 0.6 is 0 Å². The highest BCUT2D eigenvalue weighted by Gasteiger charge is 2.23. The molecule has 2 N–H and O–H groups in total. The number of aromatic carboxylic acids is 1. The second-order valence-corrected chi connectivity index (χ2v) is 10.5. The standard InChI is InChI=1S/C32H31N5O4/c1-34-14-16-36(17-15-34)20-28(38)37-13-12-22-18-24(9-11-26(22)37)33-30(21-6-4-3-5-7-21)29-25-10-8-23(32(40)41)19-27(25)35(2)31(29)39/h3-13,18-19,39H,14-17,20H2,1-2H3,(H,40,41). The summed E-state index contributed by atoms with van der Waals surface area (Å²) in [6.45, 7) is 4.04. The largest absolute Gasteiger partial charge is 0.494 e. The van der Waals surface area contributed by atoms with E-state index in [1.54, 1.807) is 28.3 Å². The molecule has 0 bridgehead atoms. The average Bonchev–Trinajstić information content (AvgIpc) is 3.51. The van der Waals surface area contributed by atoms with Gasteiger partial charge in [-0.05, 0) is 43.4 Å². The quantitative estimate of drug-likeness (QED) is 0.300. The van der Waals surface area contributed by atoms with Gasteiger partial charge in [-0.2, -0.15) is 0 Å². The normalized spacial score (nSPS) is 15.1. The highest BCUT2D eigenvalue weighted by molar-refractivity contribution is 6.22. The minimum absolute atomic E-state index is 0.00752. The van der Waals surface area contributed by atoms with E-state index < -0.39 is 5.97 Å². The lowest BCUT2D eigenvalue weighted by atomic mass is 10.00. The summed E-state index contributed by atoms with van der Waals surface area (Å²) in [7, 11) is 3.79. The molecule has 1 aliphatic rings. The number of piperazine rings is 1. The Labute approximate surface area is 237 Å². The fraction of sp³-hybridized carbons (Fsp3) is 0.219. The number of rotatable bonds is 6. The molecule has 0 aliphatic carbocycles. The van der Waals surface area contributed by atoms with Gasteiger partial charge in [-0.15, -0.1) is 0 Å². The minimum Gasteiger partial charge on any atom is -0.494 e. The second-order valence-electron chi connectivity index (χ2n) is 10.5. The van der Waals surface area contributed by atoms with E-state index in [9.17, 15) is 19.8 Å². The molecule has 3 heterocycles. The SMILES string of the molecule is CN1CCN(CC(=O)n2ccc3cc(N=C(c4ccccc4)c4c(O)n(C)c5cc(C(=O)O)ccc45)ccc32)CC1. The molecule has 0 spiro atoms. The van der Waals surface area contributed by atoms with E-state index in [-0.39, 0.29) is 17.4 Å². The smallest absolute Gasteiger partial charge is 0.335 e. The lowest BCUT2D eigenvalue weighted by Gasteiger charge is -2.31. The molecule has 6 rings (SSSR count). The number of aryl methyl sites for hydroxylation is 1. The highest BCUT2D eigenvalue weighted by Crippen LogP contribution is 2.35. The van der Waals surface area contributed by atoms with E-state index in [1.807, 2.05) is 60.8 Å². The third kappa shape index (κ3) is 5.01. The first-order chi connectivity index (χ1) is 19.8. The van der Waals surface area contributed by atoms with Crippen LogP contribution in [0.25, 0.3) is 21.8 Å². The van der Waals surface area contributed by atoms with Crippen molar-refractivity contribution < 1.29 is 19.8 Å². The molecule has 1 fully saturated rings. The molecule has 1 saturated heterocycles. The number of aliphatic imine (C=N–C) groups is 1.